The zero-order chi connectivity index (χ0) is 16.2. The molecule has 0 unspecified atom stereocenters. The predicted octanol–water partition coefficient (Wildman–Crippen LogP) is 2.90. The Balaban J connectivity index is 2.14. The number of aromatic hydroxyl groups is 1. The summed E-state index contributed by atoms with van der Waals surface area (Å²) in [4.78, 5) is 16.3. The van der Waals surface area contributed by atoms with Crippen LogP contribution >= 0.6 is 0 Å². The van der Waals surface area contributed by atoms with Gasteiger partial charge in [-0.05, 0) is 37.3 Å². The molecule has 0 aliphatic carbocycles. The summed E-state index contributed by atoms with van der Waals surface area (Å²) in [6.45, 7) is 2.35. The zero-order valence-electron chi connectivity index (χ0n) is 12.6. The summed E-state index contributed by atoms with van der Waals surface area (Å²) in [5.41, 5.74) is 2.56. The van der Waals surface area contributed by atoms with Crippen LogP contribution in [0.2, 0.25) is 0 Å². The van der Waals surface area contributed by atoms with E-state index < -0.39 is 0 Å². The van der Waals surface area contributed by atoms with Crippen LogP contribution < -0.4 is 5.32 Å². The number of carbonyl (C=O) groups excluding carboxylic acids is 1. The van der Waals surface area contributed by atoms with Crippen molar-refractivity contribution in [2.45, 2.75) is 6.92 Å². The van der Waals surface area contributed by atoms with Crippen LogP contribution in [0.5, 0.6) is 5.75 Å². The summed E-state index contributed by atoms with van der Waals surface area (Å²) in [6.07, 6.45) is 3.31. The number of aromatic nitrogens is 3. The van der Waals surface area contributed by atoms with Gasteiger partial charge in [-0.25, -0.2) is 4.79 Å². The number of pyridine rings is 1. The van der Waals surface area contributed by atoms with Crippen molar-refractivity contribution in [2.24, 2.45) is 0 Å². The standard InChI is InChI=1S/C17H16N4O2/c1-2-19-17(23)21-15(12-7-9-18-10-8-12)11-14(20-21)13-5-3-4-6-16(13)22/h3-11,22H,2H2,1H3,(H,19,23). The Labute approximate surface area is 133 Å². The van der Waals surface area contributed by atoms with Crippen molar-refractivity contribution < 1.29 is 9.90 Å². The van der Waals surface area contributed by atoms with Crippen LogP contribution in [0.1, 0.15) is 6.92 Å². The van der Waals surface area contributed by atoms with Crippen LogP contribution in [-0.4, -0.2) is 32.4 Å². The minimum Gasteiger partial charge on any atom is -0.507 e. The molecule has 116 valence electrons. The molecule has 0 fully saturated rings. The van der Waals surface area contributed by atoms with E-state index in [9.17, 15) is 9.90 Å². The van der Waals surface area contributed by atoms with Gasteiger partial charge in [0.1, 0.15) is 5.75 Å². The van der Waals surface area contributed by atoms with Crippen molar-refractivity contribution in [1.82, 2.24) is 20.1 Å². The lowest BCUT2D eigenvalue weighted by Crippen LogP contribution is -2.29. The third-order valence-electron chi connectivity index (χ3n) is 3.39. The molecular weight excluding hydrogens is 292 g/mol. The summed E-state index contributed by atoms with van der Waals surface area (Å²) >= 11 is 0. The number of para-hydroxylation sites is 1. The number of carbonyl (C=O) groups is 1. The van der Waals surface area contributed by atoms with Gasteiger partial charge in [0, 0.05) is 30.1 Å². The number of phenols is 1. The number of phenolic OH excluding ortho intramolecular Hbond substituents is 1. The van der Waals surface area contributed by atoms with Gasteiger partial charge in [0.25, 0.3) is 0 Å². The summed E-state index contributed by atoms with van der Waals surface area (Å²) in [5.74, 6) is 0.120. The van der Waals surface area contributed by atoms with Crippen LogP contribution in [-0.2, 0) is 0 Å². The van der Waals surface area contributed by atoms with Gasteiger partial charge in [0.05, 0.1) is 11.4 Å². The molecule has 3 aromatic rings. The molecule has 0 aliphatic heterocycles. The molecule has 3 rings (SSSR count). The van der Waals surface area contributed by atoms with E-state index in [1.165, 1.54) is 4.68 Å². The third kappa shape index (κ3) is 2.91. The molecule has 0 aliphatic rings. The van der Waals surface area contributed by atoms with Crippen LogP contribution in [0.3, 0.4) is 0 Å². The van der Waals surface area contributed by atoms with Gasteiger partial charge in [-0.15, -0.1) is 0 Å². The van der Waals surface area contributed by atoms with Gasteiger partial charge < -0.3 is 10.4 Å². The van der Waals surface area contributed by atoms with E-state index >= 15 is 0 Å². The maximum absolute atomic E-state index is 12.3. The highest BCUT2D eigenvalue weighted by Crippen LogP contribution is 2.31. The monoisotopic (exact) mass is 308 g/mol. The van der Waals surface area contributed by atoms with Crippen molar-refractivity contribution in [3.63, 3.8) is 0 Å². The van der Waals surface area contributed by atoms with Crippen LogP contribution in [0.15, 0.2) is 54.9 Å². The van der Waals surface area contributed by atoms with E-state index in [1.807, 2.05) is 13.0 Å². The summed E-state index contributed by atoms with van der Waals surface area (Å²) < 4.78 is 1.31. The maximum atomic E-state index is 12.3. The summed E-state index contributed by atoms with van der Waals surface area (Å²) in [6, 6.07) is 12.0. The second kappa shape index (κ2) is 6.31. The van der Waals surface area contributed by atoms with E-state index in [4.69, 9.17) is 0 Å². The highest BCUT2D eigenvalue weighted by atomic mass is 16.3. The van der Waals surface area contributed by atoms with E-state index in [2.05, 4.69) is 15.4 Å². The summed E-state index contributed by atoms with van der Waals surface area (Å²) in [5, 5.41) is 17.1. The van der Waals surface area contributed by atoms with Gasteiger partial charge in [-0.1, -0.05) is 12.1 Å². The molecule has 2 aromatic heterocycles. The molecular formula is C17H16N4O2. The number of benzene rings is 1. The van der Waals surface area contributed by atoms with Crippen molar-refractivity contribution in [3.05, 3.63) is 54.9 Å². The van der Waals surface area contributed by atoms with Gasteiger partial charge in [-0.3, -0.25) is 4.98 Å². The van der Waals surface area contributed by atoms with E-state index in [1.54, 1.807) is 48.8 Å². The van der Waals surface area contributed by atoms with Gasteiger partial charge >= 0.3 is 6.03 Å². The molecule has 2 heterocycles. The number of rotatable bonds is 3. The fraction of sp³-hybridized carbons (Fsp3) is 0.118. The topological polar surface area (TPSA) is 80.0 Å². The van der Waals surface area contributed by atoms with Gasteiger partial charge in [-0.2, -0.15) is 9.78 Å². The smallest absolute Gasteiger partial charge is 0.342 e. The molecule has 23 heavy (non-hydrogen) atoms. The molecule has 0 saturated heterocycles. The first-order valence-corrected chi connectivity index (χ1v) is 7.27. The lowest BCUT2D eigenvalue weighted by atomic mass is 10.1. The Hall–Kier alpha value is -3.15. The summed E-state index contributed by atoms with van der Waals surface area (Å²) in [7, 11) is 0. The minimum atomic E-state index is -0.319. The number of hydrogen-bond donors (Lipinski definition) is 2. The molecule has 0 radical (unpaired) electrons. The molecule has 2 N–H and O–H groups in total. The zero-order valence-corrected chi connectivity index (χ0v) is 12.6. The molecule has 0 spiro atoms. The average Bonchev–Trinajstić information content (AvgIpc) is 3.01. The second-order valence-corrected chi connectivity index (χ2v) is 4.92. The van der Waals surface area contributed by atoms with Crippen molar-refractivity contribution in [1.29, 1.82) is 0 Å². The highest BCUT2D eigenvalue weighted by molar-refractivity contribution is 5.84. The fourth-order valence-corrected chi connectivity index (χ4v) is 2.31. The van der Waals surface area contributed by atoms with Crippen molar-refractivity contribution in [3.8, 4) is 28.3 Å². The predicted molar refractivity (Wildman–Crippen MR) is 87.0 cm³/mol. The minimum absolute atomic E-state index is 0.120. The highest BCUT2D eigenvalue weighted by Gasteiger charge is 2.17. The van der Waals surface area contributed by atoms with Gasteiger partial charge in [0.15, 0.2) is 0 Å². The first kappa shape index (κ1) is 14.8. The normalized spacial score (nSPS) is 10.5. The van der Waals surface area contributed by atoms with E-state index in [0.717, 1.165) is 5.56 Å². The fourth-order valence-electron chi connectivity index (χ4n) is 2.31. The van der Waals surface area contributed by atoms with Crippen molar-refractivity contribution >= 4 is 6.03 Å². The maximum Gasteiger partial charge on any atom is 0.342 e. The van der Waals surface area contributed by atoms with Crippen molar-refractivity contribution in [2.75, 3.05) is 6.54 Å². The Kier molecular flexibility index (Phi) is 4.05. The lowest BCUT2D eigenvalue weighted by molar-refractivity contribution is 0.240. The second-order valence-electron chi connectivity index (χ2n) is 4.92. The Morgan fingerprint density at radius 2 is 1.96 bits per heavy atom. The third-order valence-corrected chi connectivity index (χ3v) is 3.39. The van der Waals surface area contributed by atoms with E-state index in [0.29, 0.717) is 23.5 Å². The Morgan fingerprint density at radius 1 is 1.22 bits per heavy atom. The molecule has 6 heteroatoms. The number of hydrogen-bond acceptors (Lipinski definition) is 4. The Bertz CT molecular complexity index is 828. The average molecular weight is 308 g/mol. The van der Waals surface area contributed by atoms with E-state index in [-0.39, 0.29) is 11.8 Å². The lowest BCUT2D eigenvalue weighted by Gasteiger charge is -2.06. The van der Waals surface area contributed by atoms with Crippen LogP contribution in [0.25, 0.3) is 22.5 Å². The molecule has 0 saturated carbocycles. The largest absolute Gasteiger partial charge is 0.507 e. The molecule has 0 atom stereocenters. The first-order chi connectivity index (χ1) is 11.2. The molecule has 1 amide bonds. The van der Waals surface area contributed by atoms with Crippen LogP contribution in [0.4, 0.5) is 4.79 Å². The molecule has 1 aromatic carbocycles. The van der Waals surface area contributed by atoms with Gasteiger partial charge in [0.2, 0.25) is 0 Å². The molecule has 0 bridgehead atoms. The quantitative estimate of drug-likeness (QED) is 0.779. The van der Waals surface area contributed by atoms with Crippen LogP contribution in [0, 0.1) is 0 Å². The number of nitrogens with one attached hydrogen (secondary N) is 1. The first-order valence-electron chi connectivity index (χ1n) is 7.27. The number of nitrogens with zero attached hydrogens (tertiary/aromatic N) is 3. The molecule has 6 nitrogen and oxygen atoms in total. The SMILES string of the molecule is CCNC(=O)n1nc(-c2ccccc2O)cc1-c1ccncc1. The number of amides is 1. The Morgan fingerprint density at radius 3 is 2.65 bits per heavy atom.